The van der Waals surface area contributed by atoms with Gasteiger partial charge in [0.15, 0.2) is 0 Å². The van der Waals surface area contributed by atoms with Crippen molar-refractivity contribution in [2.75, 3.05) is 39.4 Å². The van der Waals surface area contributed by atoms with Crippen LogP contribution in [0.4, 0.5) is 0 Å². The summed E-state index contributed by atoms with van der Waals surface area (Å²) in [5.41, 5.74) is 12.3. The summed E-state index contributed by atoms with van der Waals surface area (Å²) in [7, 11) is 0. The van der Waals surface area contributed by atoms with Gasteiger partial charge in [-0.05, 0) is 144 Å². The van der Waals surface area contributed by atoms with E-state index in [1.165, 1.54) is 180 Å². The fourth-order valence-electron chi connectivity index (χ4n) is 10.6. The maximum atomic E-state index is 7.07. The smallest absolute Gasteiger partial charge is 0.0636 e. The van der Waals surface area contributed by atoms with Crippen LogP contribution in [0.1, 0.15) is 221 Å². The molecule has 0 amide bonds. The molecule has 0 unspecified atom stereocenters. The summed E-state index contributed by atoms with van der Waals surface area (Å²) < 4.78 is 13.3. The Hall–Kier alpha value is -0.200. The summed E-state index contributed by atoms with van der Waals surface area (Å²) in [6, 6.07) is 0. The van der Waals surface area contributed by atoms with Crippen molar-refractivity contribution in [2.45, 2.75) is 234 Å². The van der Waals surface area contributed by atoms with E-state index in [0.29, 0.717) is 30.1 Å². The molecular formula is C48H97N3O2. The van der Waals surface area contributed by atoms with Gasteiger partial charge in [0.1, 0.15) is 0 Å². The van der Waals surface area contributed by atoms with Crippen molar-refractivity contribution in [3.63, 3.8) is 0 Å². The van der Waals surface area contributed by atoms with E-state index in [4.69, 9.17) is 20.9 Å². The summed E-state index contributed by atoms with van der Waals surface area (Å²) in [5, 5.41) is 3.82. The molecule has 0 spiro atoms. The first-order chi connectivity index (χ1) is 25.8. The fourth-order valence-corrected chi connectivity index (χ4v) is 10.6. The molecule has 2 rings (SSSR count). The van der Waals surface area contributed by atoms with Crippen LogP contribution in [-0.2, 0) is 9.47 Å². The third-order valence-electron chi connectivity index (χ3n) is 14.7. The Bertz CT molecular complexity index is 832. The molecule has 2 aliphatic rings. The first-order valence-electron chi connectivity index (χ1n) is 24.1. The molecule has 2 aliphatic carbocycles. The molecule has 2 saturated carbocycles. The monoisotopic (exact) mass is 748 g/mol. The molecular weight excluding hydrogens is 651 g/mol. The maximum absolute atomic E-state index is 7.07. The van der Waals surface area contributed by atoms with Crippen LogP contribution in [0.3, 0.4) is 0 Å². The topological polar surface area (TPSA) is 82.5 Å². The van der Waals surface area contributed by atoms with Gasteiger partial charge in [-0.25, -0.2) is 0 Å². The van der Waals surface area contributed by atoms with E-state index in [9.17, 15) is 0 Å². The van der Waals surface area contributed by atoms with Crippen LogP contribution in [0.15, 0.2) is 0 Å². The number of ether oxygens (including phenoxy) is 2. The standard InChI is InChI=1S/C48H97N3O2/c1-7-9-11-12-13-14-15-16-17-18-19-20-21-22-36-51-37-23-26-41(3)45-29-28-43(27-10-8-2)48(45,6)46(53-39-25-35-50)40-42(4)47(5)32-30-44(31-33-47)52-38-24-34-49/h41-46,51H,7-40,49-50H2,1-6H3/t41-,42-,43-,44-,45-,46+,47+,48+/m1/s1. The molecule has 53 heavy (non-hydrogen) atoms. The zero-order valence-corrected chi connectivity index (χ0v) is 37.0. The average molecular weight is 748 g/mol. The quantitative estimate of drug-likeness (QED) is 0.0562. The Morgan fingerprint density at radius 3 is 1.77 bits per heavy atom. The first kappa shape index (κ1) is 48.9. The van der Waals surface area contributed by atoms with Gasteiger partial charge < -0.3 is 26.3 Å². The number of hydrogen-bond acceptors (Lipinski definition) is 5. The largest absolute Gasteiger partial charge is 0.378 e. The summed E-state index contributed by atoms with van der Waals surface area (Å²) >= 11 is 0. The average Bonchev–Trinajstić information content (AvgIpc) is 3.50. The van der Waals surface area contributed by atoms with Crippen molar-refractivity contribution in [1.82, 2.24) is 5.32 Å². The summed E-state index contributed by atoms with van der Waals surface area (Å²) in [5.74, 6) is 2.88. The molecule has 2 fully saturated rings. The minimum atomic E-state index is 0.234. The molecule has 5 heteroatoms. The lowest BCUT2D eigenvalue weighted by Gasteiger charge is -2.49. The lowest BCUT2D eigenvalue weighted by molar-refractivity contribution is -0.107. The molecule has 0 bridgehead atoms. The van der Waals surface area contributed by atoms with E-state index >= 15 is 0 Å². The third kappa shape index (κ3) is 18.7. The van der Waals surface area contributed by atoms with E-state index in [2.05, 4.69) is 46.9 Å². The molecule has 0 heterocycles. The second-order valence-electron chi connectivity index (χ2n) is 18.9. The predicted octanol–water partition coefficient (Wildman–Crippen LogP) is 12.8. The first-order valence-corrected chi connectivity index (χ1v) is 24.1. The maximum Gasteiger partial charge on any atom is 0.0636 e. The van der Waals surface area contributed by atoms with Crippen LogP contribution in [-0.4, -0.2) is 51.6 Å². The van der Waals surface area contributed by atoms with Crippen LogP contribution in [0.25, 0.3) is 0 Å². The van der Waals surface area contributed by atoms with Gasteiger partial charge in [-0.15, -0.1) is 0 Å². The van der Waals surface area contributed by atoms with Gasteiger partial charge >= 0.3 is 0 Å². The Kier molecular flexibility index (Phi) is 27.7. The number of rotatable bonds is 35. The zero-order chi connectivity index (χ0) is 38.6. The fraction of sp³-hybridized carbons (Fsp3) is 1.00. The van der Waals surface area contributed by atoms with Gasteiger partial charge in [-0.1, -0.05) is 138 Å². The Balaban J connectivity index is 1.82. The summed E-state index contributed by atoms with van der Waals surface area (Å²) in [6.07, 6.45) is 38.2. The lowest BCUT2D eigenvalue weighted by Crippen LogP contribution is -2.47. The van der Waals surface area contributed by atoms with Crippen molar-refractivity contribution in [2.24, 2.45) is 46.0 Å². The molecule has 6 atom stereocenters. The summed E-state index contributed by atoms with van der Waals surface area (Å²) in [6.45, 7) is 20.5. The zero-order valence-electron chi connectivity index (χ0n) is 37.0. The highest BCUT2D eigenvalue weighted by Crippen LogP contribution is 2.58. The molecule has 0 aromatic heterocycles. The Morgan fingerprint density at radius 1 is 0.642 bits per heavy atom. The van der Waals surface area contributed by atoms with Crippen molar-refractivity contribution < 1.29 is 9.47 Å². The molecule has 0 saturated heterocycles. The van der Waals surface area contributed by atoms with Crippen LogP contribution in [0.2, 0.25) is 0 Å². The highest BCUT2D eigenvalue weighted by Gasteiger charge is 2.53. The van der Waals surface area contributed by atoms with E-state index < -0.39 is 0 Å². The van der Waals surface area contributed by atoms with E-state index in [1.54, 1.807) is 0 Å². The van der Waals surface area contributed by atoms with E-state index in [0.717, 1.165) is 50.4 Å². The second-order valence-corrected chi connectivity index (χ2v) is 18.9. The van der Waals surface area contributed by atoms with Gasteiger partial charge in [-0.2, -0.15) is 0 Å². The molecule has 0 aliphatic heterocycles. The van der Waals surface area contributed by atoms with E-state index in [1.807, 2.05) is 0 Å². The molecule has 0 aromatic carbocycles. The lowest BCUT2D eigenvalue weighted by atomic mass is 9.59. The molecule has 5 nitrogen and oxygen atoms in total. The van der Waals surface area contributed by atoms with Crippen molar-refractivity contribution in [3.05, 3.63) is 0 Å². The van der Waals surface area contributed by atoms with Crippen molar-refractivity contribution in [1.29, 1.82) is 0 Å². The van der Waals surface area contributed by atoms with Gasteiger partial charge in [-0.3, -0.25) is 0 Å². The third-order valence-corrected chi connectivity index (χ3v) is 14.7. The minimum absolute atomic E-state index is 0.234. The number of hydrogen-bond donors (Lipinski definition) is 3. The number of nitrogens with two attached hydrogens (primary N) is 2. The molecule has 5 N–H and O–H groups in total. The van der Waals surface area contributed by atoms with Crippen LogP contribution in [0, 0.1) is 34.5 Å². The predicted molar refractivity (Wildman–Crippen MR) is 233 cm³/mol. The van der Waals surface area contributed by atoms with Crippen LogP contribution in [0.5, 0.6) is 0 Å². The molecule has 0 aromatic rings. The van der Waals surface area contributed by atoms with Crippen LogP contribution < -0.4 is 16.8 Å². The minimum Gasteiger partial charge on any atom is -0.378 e. The van der Waals surface area contributed by atoms with Gasteiger partial charge in [0.2, 0.25) is 0 Å². The normalized spacial score (nSPS) is 26.6. The molecule has 0 radical (unpaired) electrons. The van der Waals surface area contributed by atoms with Crippen molar-refractivity contribution in [3.8, 4) is 0 Å². The summed E-state index contributed by atoms with van der Waals surface area (Å²) in [4.78, 5) is 0. The highest BCUT2D eigenvalue weighted by atomic mass is 16.5. The van der Waals surface area contributed by atoms with E-state index in [-0.39, 0.29) is 5.41 Å². The SMILES string of the molecule is CCCCCCCCCCCCCCCCNCCC[C@@H](C)[C@H]1CC[C@@H](CCCC)[C@]1(C)[C@H](C[C@@H](C)[C@]1(C)CC[C@H](OCCCN)CC1)OCCCN. The highest BCUT2D eigenvalue weighted by molar-refractivity contribution is 5.03. The Morgan fingerprint density at radius 2 is 1.19 bits per heavy atom. The number of nitrogens with one attached hydrogen (secondary N) is 1. The number of unbranched alkanes of at least 4 members (excludes halogenated alkanes) is 14. The Labute approximate surface area is 332 Å². The van der Waals surface area contributed by atoms with Gasteiger partial charge in [0.25, 0.3) is 0 Å². The van der Waals surface area contributed by atoms with Gasteiger partial charge in [0, 0.05) is 13.2 Å². The van der Waals surface area contributed by atoms with Crippen molar-refractivity contribution >= 4 is 0 Å². The van der Waals surface area contributed by atoms with Crippen LogP contribution >= 0.6 is 0 Å². The molecule has 316 valence electrons. The second kappa shape index (κ2) is 30.0. The van der Waals surface area contributed by atoms with Gasteiger partial charge in [0.05, 0.1) is 12.2 Å².